The highest BCUT2D eigenvalue weighted by molar-refractivity contribution is 7.15. The minimum atomic E-state index is -4.27. The quantitative estimate of drug-likeness (QED) is 0.751. The third kappa shape index (κ3) is 2.03. The van der Waals surface area contributed by atoms with Crippen molar-refractivity contribution in [3.63, 3.8) is 0 Å². The summed E-state index contributed by atoms with van der Waals surface area (Å²) < 4.78 is 37.3. The number of aryl methyl sites for hydroxylation is 2. The molecule has 0 bridgehead atoms. The molecule has 1 aliphatic carbocycles. The SMILES string of the molecule is FC(F)(F)c1ccc(-c2nc3c(s2)CCC3)cc1. The molecule has 0 amide bonds. The summed E-state index contributed by atoms with van der Waals surface area (Å²) in [5.74, 6) is 0. The zero-order chi connectivity index (χ0) is 12.8. The van der Waals surface area contributed by atoms with E-state index in [1.54, 1.807) is 11.3 Å². The van der Waals surface area contributed by atoms with Gasteiger partial charge in [0, 0.05) is 10.4 Å². The molecule has 1 aromatic carbocycles. The standard InChI is InChI=1S/C13H10F3NS/c14-13(15,16)9-6-4-8(5-7-9)12-17-10-2-1-3-11(10)18-12/h4-7H,1-3H2. The molecule has 0 spiro atoms. The second-order valence-electron chi connectivity index (χ2n) is 4.32. The van der Waals surface area contributed by atoms with E-state index in [-0.39, 0.29) is 0 Å². The minimum absolute atomic E-state index is 0.615. The maximum atomic E-state index is 12.4. The van der Waals surface area contributed by atoms with Gasteiger partial charge in [-0.25, -0.2) is 4.98 Å². The van der Waals surface area contributed by atoms with E-state index in [2.05, 4.69) is 4.98 Å². The number of benzene rings is 1. The number of hydrogen-bond acceptors (Lipinski definition) is 2. The van der Waals surface area contributed by atoms with Crippen molar-refractivity contribution in [3.05, 3.63) is 40.4 Å². The predicted octanol–water partition coefficient (Wildman–Crippen LogP) is 4.32. The molecule has 0 atom stereocenters. The van der Waals surface area contributed by atoms with Crippen LogP contribution in [0.15, 0.2) is 24.3 Å². The third-order valence-corrected chi connectivity index (χ3v) is 4.26. The summed E-state index contributed by atoms with van der Waals surface area (Å²) in [6.07, 6.45) is -1.09. The first-order chi connectivity index (χ1) is 8.54. The lowest BCUT2D eigenvalue weighted by atomic mass is 10.1. The molecular formula is C13H10F3NS. The first-order valence-electron chi connectivity index (χ1n) is 5.70. The Morgan fingerprint density at radius 3 is 2.39 bits per heavy atom. The Bertz CT molecular complexity index is 547. The third-order valence-electron chi connectivity index (χ3n) is 3.05. The molecule has 94 valence electrons. The molecule has 0 N–H and O–H groups in total. The number of rotatable bonds is 1. The van der Waals surface area contributed by atoms with E-state index >= 15 is 0 Å². The second kappa shape index (κ2) is 4.09. The summed E-state index contributed by atoms with van der Waals surface area (Å²) in [5.41, 5.74) is 1.27. The largest absolute Gasteiger partial charge is 0.416 e. The summed E-state index contributed by atoms with van der Waals surface area (Å²) in [6, 6.07) is 5.22. The Labute approximate surface area is 106 Å². The van der Waals surface area contributed by atoms with E-state index in [4.69, 9.17) is 0 Å². The van der Waals surface area contributed by atoms with Gasteiger partial charge in [0.2, 0.25) is 0 Å². The maximum Gasteiger partial charge on any atom is 0.416 e. The highest BCUT2D eigenvalue weighted by Crippen LogP contribution is 2.35. The molecule has 3 rings (SSSR count). The average Bonchev–Trinajstić information content (AvgIpc) is 2.88. The van der Waals surface area contributed by atoms with E-state index in [0.717, 1.165) is 47.7 Å². The fourth-order valence-corrected chi connectivity index (χ4v) is 3.27. The van der Waals surface area contributed by atoms with Gasteiger partial charge in [0.25, 0.3) is 0 Å². The van der Waals surface area contributed by atoms with Crippen molar-refractivity contribution < 1.29 is 13.2 Å². The molecule has 18 heavy (non-hydrogen) atoms. The molecule has 1 aromatic heterocycles. The highest BCUT2D eigenvalue weighted by Gasteiger charge is 2.30. The number of nitrogens with zero attached hydrogens (tertiary/aromatic N) is 1. The number of thiazole rings is 1. The summed E-state index contributed by atoms with van der Waals surface area (Å²) >= 11 is 1.60. The number of aromatic nitrogens is 1. The smallest absolute Gasteiger partial charge is 0.241 e. The van der Waals surface area contributed by atoms with E-state index in [1.807, 2.05) is 0 Å². The number of fused-ring (bicyclic) bond motifs is 1. The lowest BCUT2D eigenvalue weighted by Gasteiger charge is -2.06. The van der Waals surface area contributed by atoms with Crippen molar-refractivity contribution in [2.24, 2.45) is 0 Å². The van der Waals surface area contributed by atoms with Crippen LogP contribution in [-0.4, -0.2) is 4.98 Å². The molecule has 0 saturated heterocycles. The zero-order valence-electron chi connectivity index (χ0n) is 9.42. The van der Waals surface area contributed by atoms with Crippen LogP contribution in [0.3, 0.4) is 0 Å². The summed E-state index contributed by atoms with van der Waals surface area (Å²) in [4.78, 5) is 5.77. The molecule has 0 aliphatic heterocycles. The summed E-state index contributed by atoms with van der Waals surface area (Å²) in [5, 5.41) is 0.827. The van der Waals surface area contributed by atoms with Crippen molar-refractivity contribution in [3.8, 4) is 10.6 Å². The predicted molar refractivity (Wildman–Crippen MR) is 64.6 cm³/mol. The normalized spacial score (nSPS) is 14.8. The number of alkyl halides is 3. The summed E-state index contributed by atoms with van der Waals surface area (Å²) in [7, 11) is 0. The van der Waals surface area contributed by atoms with Crippen molar-refractivity contribution in [2.45, 2.75) is 25.4 Å². The minimum Gasteiger partial charge on any atom is -0.241 e. The maximum absolute atomic E-state index is 12.4. The topological polar surface area (TPSA) is 12.9 Å². The van der Waals surface area contributed by atoms with Gasteiger partial charge < -0.3 is 0 Å². The van der Waals surface area contributed by atoms with Crippen LogP contribution in [0.1, 0.15) is 22.6 Å². The zero-order valence-corrected chi connectivity index (χ0v) is 10.2. The Morgan fingerprint density at radius 1 is 1.06 bits per heavy atom. The van der Waals surface area contributed by atoms with E-state index in [1.165, 1.54) is 17.0 Å². The second-order valence-corrected chi connectivity index (χ2v) is 5.40. The van der Waals surface area contributed by atoms with Gasteiger partial charge in [-0.2, -0.15) is 13.2 Å². The van der Waals surface area contributed by atoms with Crippen LogP contribution >= 0.6 is 11.3 Å². The van der Waals surface area contributed by atoms with Gasteiger partial charge in [0.1, 0.15) is 5.01 Å². The Hall–Kier alpha value is -1.36. The fourth-order valence-electron chi connectivity index (χ4n) is 2.12. The fraction of sp³-hybridized carbons (Fsp3) is 0.308. The number of hydrogen-bond donors (Lipinski definition) is 0. The van der Waals surface area contributed by atoms with Crippen LogP contribution in [0.2, 0.25) is 0 Å². The molecule has 0 radical (unpaired) electrons. The van der Waals surface area contributed by atoms with Gasteiger partial charge in [0.15, 0.2) is 0 Å². The lowest BCUT2D eigenvalue weighted by Crippen LogP contribution is -2.03. The van der Waals surface area contributed by atoms with Crippen molar-refractivity contribution in [1.82, 2.24) is 4.98 Å². The Morgan fingerprint density at radius 2 is 1.78 bits per heavy atom. The first kappa shape index (κ1) is 11.7. The van der Waals surface area contributed by atoms with Crippen LogP contribution < -0.4 is 0 Å². The molecule has 0 unspecified atom stereocenters. The van der Waals surface area contributed by atoms with E-state index in [0.29, 0.717) is 0 Å². The van der Waals surface area contributed by atoms with Gasteiger partial charge in [-0.3, -0.25) is 0 Å². The summed E-state index contributed by atoms with van der Waals surface area (Å²) in [6.45, 7) is 0. The van der Waals surface area contributed by atoms with Gasteiger partial charge in [-0.15, -0.1) is 11.3 Å². The van der Waals surface area contributed by atoms with Crippen molar-refractivity contribution in [2.75, 3.05) is 0 Å². The molecule has 0 saturated carbocycles. The Kier molecular flexibility index (Phi) is 2.66. The average molecular weight is 269 g/mol. The molecular weight excluding hydrogens is 259 g/mol. The number of halogens is 3. The van der Waals surface area contributed by atoms with Gasteiger partial charge in [0.05, 0.1) is 11.3 Å². The van der Waals surface area contributed by atoms with Crippen LogP contribution in [0.5, 0.6) is 0 Å². The van der Waals surface area contributed by atoms with Crippen LogP contribution in [0.4, 0.5) is 13.2 Å². The molecule has 1 heterocycles. The van der Waals surface area contributed by atoms with Crippen LogP contribution in [-0.2, 0) is 19.0 Å². The van der Waals surface area contributed by atoms with Gasteiger partial charge >= 0.3 is 6.18 Å². The highest BCUT2D eigenvalue weighted by atomic mass is 32.1. The van der Waals surface area contributed by atoms with Gasteiger partial charge in [-0.05, 0) is 31.4 Å². The van der Waals surface area contributed by atoms with Crippen molar-refractivity contribution in [1.29, 1.82) is 0 Å². The van der Waals surface area contributed by atoms with Crippen molar-refractivity contribution >= 4 is 11.3 Å². The van der Waals surface area contributed by atoms with E-state index < -0.39 is 11.7 Å². The Balaban J connectivity index is 1.92. The molecule has 0 fully saturated rings. The lowest BCUT2D eigenvalue weighted by molar-refractivity contribution is -0.137. The first-order valence-corrected chi connectivity index (χ1v) is 6.52. The van der Waals surface area contributed by atoms with E-state index in [9.17, 15) is 13.2 Å². The molecule has 5 heteroatoms. The van der Waals surface area contributed by atoms with Gasteiger partial charge in [-0.1, -0.05) is 12.1 Å². The van der Waals surface area contributed by atoms with Crippen LogP contribution in [0, 0.1) is 0 Å². The molecule has 2 aromatic rings. The van der Waals surface area contributed by atoms with Crippen LogP contribution in [0.25, 0.3) is 10.6 Å². The molecule has 1 nitrogen and oxygen atoms in total. The monoisotopic (exact) mass is 269 g/mol. The molecule has 1 aliphatic rings.